The molecule has 2 aromatic carbocycles. The Balaban J connectivity index is 1.49. The van der Waals surface area contributed by atoms with Crippen LogP contribution in [0.25, 0.3) is 0 Å². The number of nitrogens with one attached hydrogen (secondary N) is 3. The van der Waals surface area contributed by atoms with Gasteiger partial charge in [0.2, 0.25) is 5.91 Å². The van der Waals surface area contributed by atoms with Gasteiger partial charge in [-0.25, -0.2) is 0 Å². The molecule has 2 aromatic rings. The molecule has 0 aromatic heterocycles. The molecule has 28 heavy (non-hydrogen) atoms. The van der Waals surface area contributed by atoms with Crippen molar-refractivity contribution in [3.05, 3.63) is 59.7 Å². The molecule has 0 bridgehead atoms. The van der Waals surface area contributed by atoms with Gasteiger partial charge in [-0.2, -0.15) is 0 Å². The molecule has 1 aliphatic rings. The Morgan fingerprint density at radius 1 is 1.18 bits per heavy atom. The van der Waals surface area contributed by atoms with Crippen molar-refractivity contribution in [2.45, 2.75) is 19.4 Å². The minimum atomic E-state index is -0.331. The Hall–Kier alpha value is -3.13. The number of nitrogens with zero attached hydrogens (tertiary/aromatic N) is 1. The van der Waals surface area contributed by atoms with E-state index in [0.29, 0.717) is 30.2 Å². The molecule has 0 radical (unpaired) electrons. The summed E-state index contributed by atoms with van der Waals surface area (Å²) in [6, 6.07) is 14.6. The molecule has 1 saturated heterocycles. The van der Waals surface area contributed by atoms with Crippen molar-refractivity contribution in [1.29, 1.82) is 0 Å². The van der Waals surface area contributed by atoms with Gasteiger partial charge in [0.25, 0.3) is 5.91 Å². The number of thiocarbonyl (C=S) groups is 1. The quantitative estimate of drug-likeness (QED) is 0.529. The van der Waals surface area contributed by atoms with Crippen LogP contribution in [0.15, 0.2) is 48.5 Å². The van der Waals surface area contributed by atoms with Gasteiger partial charge in [0, 0.05) is 30.8 Å². The predicted molar refractivity (Wildman–Crippen MR) is 111 cm³/mol. The molecule has 0 unspecified atom stereocenters. The molecule has 0 saturated carbocycles. The standard InChI is InChI=1S/C20H22N4O3S/c1-27-17-9-7-14(8-10-17)13-21-20(28)23-22-19(26)15-4-2-5-16(12-15)24-11-3-6-18(24)25/h2,4-5,7-10,12H,3,6,11,13H2,1H3,(H,22,26)(H2,21,23,28). The molecule has 1 aliphatic heterocycles. The van der Waals surface area contributed by atoms with Gasteiger partial charge in [-0.3, -0.25) is 20.4 Å². The van der Waals surface area contributed by atoms with Crippen LogP contribution in [-0.2, 0) is 11.3 Å². The first-order valence-electron chi connectivity index (χ1n) is 8.94. The average molecular weight is 398 g/mol. The van der Waals surface area contributed by atoms with E-state index in [1.165, 1.54) is 0 Å². The summed E-state index contributed by atoms with van der Waals surface area (Å²) in [6.45, 7) is 1.19. The van der Waals surface area contributed by atoms with Crippen LogP contribution in [0.2, 0.25) is 0 Å². The summed E-state index contributed by atoms with van der Waals surface area (Å²) in [4.78, 5) is 25.9. The van der Waals surface area contributed by atoms with Gasteiger partial charge in [0.1, 0.15) is 5.75 Å². The van der Waals surface area contributed by atoms with E-state index in [1.807, 2.05) is 30.3 Å². The smallest absolute Gasteiger partial charge is 0.269 e. The minimum absolute atomic E-state index is 0.0830. The van der Waals surface area contributed by atoms with Crippen LogP contribution in [0, 0.1) is 0 Å². The first-order valence-corrected chi connectivity index (χ1v) is 9.35. The van der Waals surface area contributed by atoms with E-state index < -0.39 is 0 Å². The highest BCUT2D eigenvalue weighted by Crippen LogP contribution is 2.22. The van der Waals surface area contributed by atoms with Gasteiger partial charge >= 0.3 is 0 Å². The Kier molecular flexibility index (Phi) is 6.44. The summed E-state index contributed by atoms with van der Waals surface area (Å²) in [6.07, 6.45) is 1.39. The minimum Gasteiger partial charge on any atom is -0.497 e. The number of carbonyl (C=O) groups is 2. The summed E-state index contributed by atoms with van der Waals surface area (Å²) in [5.41, 5.74) is 7.46. The predicted octanol–water partition coefficient (Wildman–Crippen LogP) is 2.13. The zero-order valence-electron chi connectivity index (χ0n) is 15.5. The molecular formula is C20H22N4O3S. The lowest BCUT2D eigenvalue weighted by atomic mass is 10.2. The van der Waals surface area contributed by atoms with Crippen molar-refractivity contribution in [3.63, 3.8) is 0 Å². The highest BCUT2D eigenvalue weighted by Gasteiger charge is 2.22. The van der Waals surface area contributed by atoms with E-state index in [9.17, 15) is 9.59 Å². The van der Waals surface area contributed by atoms with E-state index in [0.717, 1.165) is 23.4 Å². The average Bonchev–Trinajstić information content (AvgIpc) is 3.16. The van der Waals surface area contributed by atoms with Gasteiger partial charge in [-0.15, -0.1) is 0 Å². The Labute approximate surface area is 169 Å². The molecule has 2 amide bonds. The lowest BCUT2D eigenvalue weighted by Crippen LogP contribution is -2.46. The number of rotatable bonds is 5. The van der Waals surface area contributed by atoms with Gasteiger partial charge in [0.05, 0.1) is 7.11 Å². The van der Waals surface area contributed by atoms with Crippen molar-refractivity contribution < 1.29 is 14.3 Å². The maximum Gasteiger partial charge on any atom is 0.269 e. The second-order valence-electron chi connectivity index (χ2n) is 6.31. The Morgan fingerprint density at radius 2 is 1.96 bits per heavy atom. The van der Waals surface area contributed by atoms with E-state index in [-0.39, 0.29) is 11.8 Å². The lowest BCUT2D eigenvalue weighted by Gasteiger charge is -2.17. The number of ether oxygens (including phenoxy) is 1. The fourth-order valence-electron chi connectivity index (χ4n) is 2.89. The second-order valence-corrected chi connectivity index (χ2v) is 6.72. The fourth-order valence-corrected chi connectivity index (χ4v) is 3.02. The second kappa shape index (κ2) is 9.18. The maximum absolute atomic E-state index is 12.4. The maximum atomic E-state index is 12.4. The number of methoxy groups -OCH3 is 1. The van der Waals surface area contributed by atoms with Crippen LogP contribution in [0.1, 0.15) is 28.8 Å². The van der Waals surface area contributed by atoms with Crippen molar-refractivity contribution in [3.8, 4) is 5.75 Å². The molecule has 0 atom stereocenters. The zero-order chi connectivity index (χ0) is 19.9. The van der Waals surface area contributed by atoms with Crippen LogP contribution in [-0.4, -0.2) is 30.6 Å². The van der Waals surface area contributed by atoms with Gasteiger partial charge in [-0.05, 0) is 54.5 Å². The van der Waals surface area contributed by atoms with E-state index in [4.69, 9.17) is 17.0 Å². The Bertz CT molecular complexity index is 870. The molecule has 7 nitrogen and oxygen atoms in total. The molecule has 3 N–H and O–H groups in total. The van der Waals surface area contributed by atoms with E-state index in [1.54, 1.807) is 30.2 Å². The van der Waals surface area contributed by atoms with Gasteiger partial charge < -0.3 is 15.0 Å². The summed E-state index contributed by atoms with van der Waals surface area (Å²) in [5, 5.41) is 3.32. The first kappa shape index (κ1) is 19.6. The number of amides is 2. The number of hydrazine groups is 1. The van der Waals surface area contributed by atoms with Crippen LogP contribution in [0.5, 0.6) is 5.75 Å². The lowest BCUT2D eigenvalue weighted by molar-refractivity contribution is -0.117. The normalized spacial score (nSPS) is 13.2. The Morgan fingerprint density at radius 3 is 2.64 bits per heavy atom. The van der Waals surface area contributed by atoms with Crippen LogP contribution in [0.4, 0.5) is 5.69 Å². The number of hydrogen-bond acceptors (Lipinski definition) is 4. The topological polar surface area (TPSA) is 82.7 Å². The van der Waals surface area contributed by atoms with E-state index >= 15 is 0 Å². The van der Waals surface area contributed by atoms with Gasteiger partial charge in [0.15, 0.2) is 5.11 Å². The molecule has 1 heterocycles. The monoisotopic (exact) mass is 398 g/mol. The van der Waals surface area contributed by atoms with Crippen LogP contribution >= 0.6 is 12.2 Å². The fraction of sp³-hybridized carbons (Fsp3) is 0.250. The third-order valence-electron chi connectivity index (χ3n) is 4.40. The molecule has 8 heteroatoms. The number of carbonyl (C=O) groups excluding carboxylic acids is 2. The highest BCUT2D eigenvalue weighted by molar-refractivity contribution is 7.80. The van der Waals surface area contributed by atoms with E-state index in [2.05, 4.69) is 16.2 Å². The number of hydrogen-bond donors (Lipinski definition) is 3. The van der Waals surface area contributed by atoms with Crippen LogP contribution < -0.4 is 25.8 Å². The summed E-state index contributed by atoms with van der Waals surface area (Å²) in [7, 11) is 1.62. The number of benzene rings is 2. The third-order valence-corrected chi connectivity index (χ3v) is 4.64. The third kappa shape index (κ3) is 4.98. The van der Waals surface area contributed by atoms with Crippen molar-refractivity contribution >= 4 is 34.8 Å². The molecule has 146 valence electrons. The van der Waals surface area contributed by atoms with Crippen molar-refractivity contribution in [2.24, 2.45) is 0 Å². The van der Waals surface area contributed by atoms with Crippen LogP contribution in [0.3, 0.4) is 0 Å². The SMILES string of the molecule is COc1ccc(CNC(=S)NNC(=O)c2cccc(N3CCCC3=O)c2)cc1. The van der Waals surface area contributed by atoms with Crippen molar-refractivity contribution in [2.75, 3.05) is 18.6 Å². The summed E-state index contributed by atoms with van der Waals surface area (Å²) in [5.74, 6) is 0.538. The first-order chi connectivity index (χ1) is 13.6. The zero-order valence-corrected chi connectivity index (χ0v) is 16.3. The summed E-state index contributed by atoms with van der Waals surface area (Å²) >= 11 is 5.18. The van der Waals surface area contributed by atoms with Gasteiger partial charge in [-0.1, -0.05) is 18.2 Å². The summed E-state index contributed by atoms with van der Waals surface area (Å²) < 4.78 is 5.12. The van der Waals surface area contributed by atoms with Crippen molar-refractivity contribution in [1.82, 2.24) is 16.2 Å². The molecule has 0 spiro atoms. The molecular weight excluding hydrogens is 376 g/mol. The molecule has 3 rings (SSSR count). The highest BCUT2D eigenvalue weighted by atomic mass is 32.1. The largest absolute Gasteiger partial charge is 0.497 e. The molecule has 0 aliphatic carbocycles. The number of anilines is 1. The molecule has 1 fully saturated rings.